The van der Waals surface area contributed by atoms with Crippen molar-refractivity contribution in [2.45, 2.75) is 6.42 Å². The van der Waals surface area contributed by atoms with E-state index in [2.05, 4.69) is 5.73 Å². The van der Waals surface area contributed by atoms with E-state index in [0.717, 1.165) is 28.0 Å². The Morgan fingerprint density at radius 2 is 1.96 bits per heavy atom. The number of ether oxygens (including phenoxy) is 1. The number of amides is 1. The maximum Gasteiger partial charge on any atom is 0.414 e. The molecule has 0 spiro atoms. The summed E-state index contributed by atoms with van der Waals surface area (Å²) in [5.74, 6) is 0.396. The van der Waals surface area contributed by atoms with Crippen molar-refractivity contribution >= 4 is 17.6 Å². The third-order valence-electron chi connectivity index (χ3n) is 4.37. The summed E-state index contributed by atoms with van der Waals surface area (Å²) < 4.78 is 5.26. The summed E-state index contributed by atoms with van der Waals surface area (Å²) in [5.41, 5.74) is 7.58. The van der Waals surface area contributed by atoms with Crippen LogP contribution in [-0.4, -0.2) is 45.0 Å². The molecule has 0 heterocycles. The Morgan fingerprint density at radius 1 is 1.19 bits per heavy atom. The molecule has 5 nitrogen and oxygen atoms in total. The van der Waals surface area contributed by atoms with Crippen molar-refractivity contribution in [3.8, 4) is 0 Å². The van der Waals surface area contributed by atoms with E-state index in [9.17, 15) is 9.59 Å². The van der Waals surface area contributed by atoms with Gasteiger partial charge in [0.25, 0.3) is 0 Å². The molecule has 27 heavy (non-hydrogen) atoms. The van der Waals surface area contributed by atoms with Gasteiger partial charge in [-0.05, 0) is 47.9 Å². The Hall–Kier alpha value is -3.30. The lowest BCUT2D eigenvalue weighted by Gasteiger charge is -2.19. The van der Waals surface area contributed by atoms with Crippen LogP contribution in [0.15, 0.2) is 71.2 Å². The maximum absolute atomic E-state index is 12.6. The van der Waals surface area contributed by atoms with Gasteiger partial charge < -0.3 is 14.5 Å². The van der Waals surface area contributed by atoms with Gasteiger partial charge in [-0.25, -0.2) is 4.79 Å². The Kier molecular flexibility index (Phi) is 5.15. The highest BCUT2D eigenvalue weighted by Crippen LogP contribution is 2.29. The van der Waals surface area contributed by atoms with E-state index < -0.39 is 6.09 Å². The summed E-state index contributed by atoms with van der Waals surface area (Å²) >= 11 is 0. The molecule has 2 aliphatic rings. The summed E-state index contributed by atoms with van der Waals surface area (Å²) in [6.07, 6.45) is 8.84. The number of hydrogen-bond donors (Lipinski definition) is 0. The summed E-state index contributed by atoms with van der Waals surface area (Å²) in [6.45, 7) is 0. The fourth-order valence-electron chi connectivity index (χ4n) is 2.83. The lowest BCUT2D eigenvalue weighted by molar-refractivity contribution is 0.104. The number of nitrogens with zero attached hydrogens (tertiary/aromatic N) is 2. The Labute approximate surface area is 159 Å². The lowest BCUT2D eigenvalue weighted by Crippen LogP contribution is -2.22. The van der Waals surface area contributed by atoms with E-state index in [1.807, 2.05) is 43.3 Å². The Bertz CT molecular complexity index is 956. The van der Waals surface area contributed by atoms with Gasteiger partial charge in [-0.1, -0.05) is 12.1 Å². The van der Waals surface area contributed by atoms with Crippen LogP contribution in [0.4, 0.5) is 10.5 Å². The predicted octanol–water partition coefficient (Wildman–Crippen LogP) is 3.65. The SMILES string of the molecule is CN(C)C(=O)OC1=CC=CC(C2=CC(=O)c3cc(N(C)C)ccc3C2)=C=C1. The largest absolute Gasteiger partial charge is 0.414 e. The van der Waals surface area contributed by atoms with Gasteiger partial charge in [0, 0.05) is 51.1 Å². The average molecular weight is 362 g/mol. The van der Waals surface area contributed by atoms with Gasteiger partial charge in [0.15, 0.2) is 5.78 Å². The molecule has 0 aliphatic heterocycles. The van der Waals surface area contributed by atoms with Crippen molar-refractivity contribution in [3.05, 3.63) is 82.3 Å². The van der Waals surface area contributed by atoms with Gasteiger partial charge in [0.05, 0.1) is 0 Å². The van der Waals surface area contributed by atoms with Crippen molar-refractivity contribution in [3.63, 3.8) is 0 Å². The van der Waals surface area contributed by atoms with Gasteiger partial charge in [0.2, 0.25) is 0 Å². The smallest absolute Gasteiger partial charge is 0.410 e. The molecule has 138 valence electrons. The van der Waals surface area contributed by atoms with Crippen molar-refractivity contribution in [1.82, 2.24) is 4.90 Å². The second kappa shape index (κ2) is 7.52. The first-order valence-corrected chi connectivity index (χ1v) is 8.65. The molecule has 1 aromatic rings. The van der Waals surface area contributed by atoms with Crippen molar-refractivity contribution in [2.24, 2.45) is 0 Å². The van der Waals surface area contributed by atoms with E-state index in [4.69, 9.17) is 4.74 Å². The molecule has 2 aliphatic carbocycles. The van der Waals surface area contributed by atoms with Gasteiger partial charge in [-0.2, -0.15) is 0 Å². The van der Waals surface area contributed by atoms with Crippen molar-refractivity contribution < 1.29 is 14.3 Å². The molecular formula is C22H22N2O3. The van der Waals surface area contributed by atoms with Crippen LogP contribution in [0.2, 0.25) is 0 Å². The number of carbonyl (C=O) groups is 2. The van der Waals surface area contributed by atoms with E-state index in [1.54, 1.807) is 38.4 Å². The fourth-order valence-corrected chi connectivity index (χ4v) is 2.83. The molecule has 1 amide bonds. The van der Waals surface area contributed by atoms with E-state index in [-0.39, 0.29) is 5.78 Å². The zero-order valence-electron chi connectivity index (χ0n) is 15.9. The van der Waals surface area contributed by atoms with Crippen LogP contribution in [0.25, 0.3) is 0 Å². The monoisotopic (exact) mass is 362 g/mol. The zero-order chi connectivity index (χ0) is 19.6. The second-order valence-corrected chi connectivity index (χ2v) is 6.84. The minimum absolute atomic E-state index is 0.00545. The predicted molar refractivity (Wildman–Crippen MR) is 106 cm³/mol. The molecule has 0 radical (unpaired) electrons. The molecule has 0 saturated carbocycles. The highest BCUT2D eigenvalue weighted by molar-refractivity contribution is 6.08. The number of allylic oxidation sites excluding steroid dienone is 6. The molecular weight excluding hydrogens is 340 g/mol. The first-order chi connectivity index (χ1) is 12.8. The molecule has 5 heteroatoms. The topological polar surface area (TPSA) is 49.9 Å². The van der Waals surface area contributed by atoms with Crippen LogP contribution >= 0.6 is 0 Å². The van der Waals surface area contributed by atoms with Gasteiger partial charge in [0.1, 0.15) is 5.76 Å². The minimum Gasteiger partial charge on any atom is -0.410 e. The number of rotatable bonds is 3. The Morgan fingerprint density at radius 3 is 2.67 bits per heavy atom. The standard InChI is InChI=1S/C22H22N2O3/c1-23(2)18-10-8-16-12-17(13-21(25)20(16)14-18)15-6-5-7-19(11-9-15)27-22(26)24(3)4/h5-8,10-11,13-14H,12H2,1-4H3. The highest BCUT2D eigenvalue weighted by Gasteiger charge is 2.20. The third kappa shape index (κ3) is 4.10. The molecule has 0 aromatic heterocycles. The molecule has 0 fully saturated rings. The molecule has 0 atom stereocenters. The number of ketones is 1. The molecule has 0 saturated heterocycles. The van der Waals surface area contributed by atoms with Crippen LogP contribution in [0, 0.1) is 0 Å². The maximum atomic E-state index is 12.6. The molecule has 1 aromatic carbocycles. The first-order valence-electron chi connectivity index (χ1n) is 8.65. The van der Waals surface area contributed by atoms with Crippen LogP contribution in [0.1, 0.15) is 15.9 Å². The van der Waals surface area contributed by atoms with Crippen molar-refractivity contribution in [1.29, 1.82) is 0 Å². The number of carbonyl (C=O) groups excluding carboxylic acids is 2. The van der Waals surface area contributed by atoms with Gasteiger partial charge in [-0.3, -0.25) is 4.79 Å². The second-order valence-electron chi connectivity index (χ2n) is 6.84. The number of hydrogen-bond acceptors (Lipinski definition) is 4. The van der Waals surface area contributed by atoms with Gasteiger partial charge in [-0.15, -0.1) is 5.73 Å². The lowest BCUT2D eigenvalue weighted by atomic mass is 9.87. The third-order valence-corrected chi connectivity index (χ3v) is 4.37. The normalized spacial score (nSPS) is 15.3. The van der Waals surface area contributed by atoms with Crippen LogP contribution in [0.5, 0.6) is 0 Å². The van der Waals surface area contributed by atoms with E-state index in [0.29, 0.717) is 12.2 Å². The van der Waals surface area contributed by atoms with E-state index in [1.165, 1.54) is 4.90 Å². The molecule has 0 bridgehead atoms. The quantitative estimate of drug-likeness (QED) is 0.770. The summed E-state index contributed by atoms with van der Waals surface area (Å²) in [4.78, 5) is 27.6. The van der Waals surface area contributed by atoms with Crippen molar-refractivity contribution in [2.75, 3.05) is 33.1 Å². The first kappa shape index (κ1) is 18.5. The molecule has 0 N–H and O–H groups in total. The number of anilines is 1. The fraction of sp³-hybridized carbons (Fsp3) is 0.227. The van der Waals surface area contributed by atoms with E-state index >= 15 is 0 Å². The summed E-state index contributed by atoms with van der Waals surface area (Å²) in [5, 5.41) is 0. The molecule has 3 rings (SSSR count). The van der Waals surface area contributed by atoms with Crippen LogP contribution < -0.4 is 4.90 Å². The number of benzene rings is 1. The minimum atomic E-state index is -0.450. The highest BCUT2D eigenvalue weighted by atomic mass is 16.6. The summed E-state index contributed by atoms with van der Waals surface area (Å²) in [6, 6.07) is 5.95. The van der Waals surface area contributed by atoms with Crippen LogP contribution in [0.3, 0.4) is 0 Å². The van der Waals surface area contributed by atoms with Gasteiger partial charge >= 0.3 is 6.09 Å². The molecule has 0 unspecified atom stereocenters. The zero-order valence-corrected chi connectivity index (χ0v) is 15.9. The van der Waals surface area contributed by atoms with Crippen LogP contribution in [-0.2, 0) is 11.2 Å². The Balaban J connectivity index is 1.86. The average Bonchev–Trinajstić information content (AvgIpc) is 2.86. The number of fused-ring (bicyclic) bond motifs is 1. The summed E-state index contributed by atoms with van der Waals surface area (Å²) in [7, 11) is 7.15.